The number of aryl methyl sites for hydroxylation is 1. The Morgan fingerprint density at radius 3 is 2.64 bits per heavy atom. The SMILES string of the molecule is COc1ccc([C@H](C)Nc2nc(-c3ccncc3)nc3c2cnn3C)cc1F. The van der Waals surface area contributed by atoms with E-state index < -0.39 is 5.82 Å². The maximum atomic E-state index is 14.1. The molecule has 0 bridgehead atoms. The minimum Gasteiger partial charge on any atom is -0.494 e. The van der Waals surface area contributed by atoms with Crippen LogP contribution in [0.5, 0.6) is 5.75 Å². The lowest BCUT2D eigenvalue weighted by Crippen LogP contribution is -2.10. The van der Waals surface area contributed by atoms with Crippen molar-refractivity contribution in [1.82, 2.24) is 24.7 Å². The molecule has 0 unspecified atom stereocenters. The number of ether oxygens (including phenoxy) is 1. The van der Waals surface area contributed by atoms with Crippen LogP contribution in [0, 0.1) is 5.82 Å². The van der Waals surface area contributed by atoms with E-state index in [9.17, 15) is 4.39 Å². The Balaban J connectivity index is 1.74. The van der Waals surface area contributed by atoms with Crippen LogP contribution in [-0.4, -0.2) is 31.8 Å². The Morgan fingerprint density at radius 1 is 1.14 bits per heavy atom. The molecule has 0 amide bonds. The van der Waals surface area contributed by atoms with E-state index in [-0.39, 0.29) is 11.8 Å². The van der Waals surface area contributed by atoms with Crippen LogP contribution in [0.3, 0.4) is 0 Å². The molecule has 7 nitrogen and oxygen atoms in total. The summed E-state index contributed by atoms with van der Waals surface area (Å²) in [5.74, 6) is 1.01. The monoisotopic (exact) mass is 378 g/mol. The number of nitrogens with one attached hydrogen (secondary N) is 1. The normalized spacial score (nSPS) is 12.1. The molecule has 142 valence electrons. The second kappa shape index (κ2) is 7.22. The van der Waals surface area contributed by atoms with Gasteiger partial charge in [-0.15, -0.1) is 0 Å². The molecule has 0 saturated carbocycles. The Bertz CT molecular complexity index is 1130. The van der Waals surface area contributed by atoms with E-state index in [4.69, 9.17) is 4.74 Å². The number of fused-ring (bicyclic) bond motifs is 1. The van der Waals surface area contributed by atoms with Gasteiger partial charge in [-0.2, -0.15) is 5.10 Å². The van der Waals surface area contributed by atoms with Gasteiger partial charge in [-0.3, -0.25) is 9.67 Å². The standard InChI is InChI=1S/C20H19FN6O/c1-12(14-4-5-17(28-3)16(21)10-14)24-19-15-11-23-27(2)20(15)26-18(25-19)13-6-8-22-9-7-13/h4-12H,1-3H3,(H,24,25,26)/t12-/m0/s1. The summed E-state index contributed by atoms with van der Waals surface area (Å²) >= 11 is 0. The van der Waals surface area contributed by atoms with E-state index in [0.29, 0.717) is 17.3 Å². The molecule has 28 heavy (non-hydrogen) atoms. The fraction of sp³-hybridized carbons (Fsp3) is 0.200. The lowest BCUT2D eigenvalue weighted by Gasteiger charge is -2.17. The molecule has 3 aromatic heterocycles. The Kier molecular flexibility index (Phi) is 4.60. The van der Waals surface area contributed by atoms with Crippen LogP contribution < -0.4 is 10.1 Å². The summed E-state index contributed by atoms with van der Waals surface area (Å²) in [7, 11) is 3.28. The highest BCUT2D eigenvalue weighted by Gasteiger charge is 2.16. The third-order valence-corrected chi connectivity index (χ3v) is 4.56. The molecule has 1 aromatic carbocycles. The summed E-state index contributed by atoms with van der Waals surface area (Å²) in [5, 5.41) is 8.45. The van der Waals surface area contributed by atoms with Crippen molar-refractivity contribution in [3.8, 4) is 17.1 Å². The van der Waals surface area contributed by atoms with Gasteiger partial charge in [0.25, 0.3) is 0 Å². The van der Waals surface area contributed by atoms with Gasteiger partial charge >= 0.3 is 0 Å². The second-order valence-corrected chi connectivity index (χ2v) is 6.40. The summed E-state index contributed by atoms with van der Waals surface area (Å²) in [6, 6.07) is 8.41. The van der Waals surface area contributed by atoms with Gasteiger partial charge in [0.2, 0.25) is 0 Å². The van der Waals surface area contributed by atoms with E-state index in [1.165, 1.54) is 13.2 Å². The van der Waals surface area contributed by atoms with Crippen LogP contribution in [0.2, 0.25) is 0 Å². The van der Waals surface area contributed by atoms with Crippen molar-refractivity contribution in [3.63, 3.8) is 0 Å². The topological polar surface area (TPSA) is 77.8 Å². The summed E-state index contributed by atoms with van der Waals surface area (Å²) in [5.41, 5.74) is 2.33. The number of rotatable bonds is 5. The van der Waals surface area contributed by atoms with Crippen LogP contribution in [-0.2, 0) is 7.05 Å². The molecule has 1 N–H and O–H groups in total. The molecule has 0 saturated heterocycles. The number of hydrogen-bond acceptors (Lipinski definition) is 6. The lowest BCUT2D eigenvalue weighted by molar-refractivity contribution is 0.386. The zero-order valence-electron chi connectivity index (χ0n) is 15.7. The highest BCUT2D eigenvalue weighted by atomic mass is 19.1. The van der Waals surface area contributed by atoms with Crippen molar-refractivity contribution < 1.29 is 9.13 Å². The first-order chi connectivity index (χ1) is 13.6. The number of benzene rings is 1. The molecule has 0 aliphatic carbocycles. The number of halogens is 1. The Hall–Kier alpha value is -3.55. The van der Waals surface area contributed by atoms with Gasteiger partial charge in [0.15, 0.2) is 23.0 Å². The lowest BCUT2D eigenvalue weighted by atomic mass is 10.1. The van der Waals surface area contributed by atoms with Gasteiger partial charge in [0, 0.05) is 25.0 Å². The number of methoxy groups -OCH3 is 1. The van der Waals surface area contributed by atoms with Gasteiger partial charge in [0.05, 0.1) is 24.7 Å². The highest BCUT2D eigenvalue weighted by Crippen LogP contribution is 2.28. The highest BCUT2D eigenvalue weighted by molar-refractivity contribution is 5.88. The maximum absolute atomic E-state index is 14.1. The minimum atomic E-state index is -0.402. The van der Waals surface area contributed by atoms with Gasteiger partial charge in [-0.25, -0.2) is 14.4 Å². The zero-order valence-corrected chi connectivity index (χ0v) is 15.7. The third-order valence-electron chi connectivity index (χ3n) is 4.56. The number of pyridine rings is 1. The summed E-state index contributed by atoms with van der Waals surface area (Å²) < 4.78 is 20.8. The van der Waals surface area contributed by atoms with Crippen molar-refractivity contribution >= 4 is 16.9 Å². The van der Waals surface area contributed by atoms with Crippen molar-refractivity contribution in [2.75, 3.05) is 12.4 Å². The molecule has 0 aliphatic rings. The molecule has 0 aliphatic heterocycles. The van der Waals surface area contributed by atoms with E-state index in [1.54, 1.807) is 29.3 Å². The van der Waals surface area contributed by atoms with Gasteiger partial charge in [0.1, 0.15) is 5.82 Å². The van der Waals surface area contributed by atoms with Crippen LogP contribution in [0.15, 0.2) is 48.9 Å². The molecule has 0 fully saturated rings. The van der Waals surface area contributed by atoms with Gasteiger partial charge < -0.3 is 10.1 Å². The molecule has 0 radical (unpaired) electrons. The first-order valence-corrected chi connectivity index (χ1v) is 8.77. The number of anilines is 1. The first-order valence-electron chi connectivity index (χ1n) is 8.77. The Labute approximate surface area is 161 Å². The summed E-state index contributed by atoms with van der Waals surface area (Å²) in [6.45, 7) is 1.94. The van der Waals surface area contributed by atoms with Gasteiger partial charge in [-0.05, 0) is 36.8 Å². The quantitative estimate of drug-likeness (QED) is 0.570. The first kappa shape index (κ1) is 17.8. The molecule has 4 rings (SSSR count). The fourth-order valence-corrected chi connectivity index (χ4v) is 3.00. The smallest absolute Gasteiger partial charge is 0.165 e. The number of aromatic nitrogens is 5. The van der Waals surface area contributed by atoms with Crippen molar-refractivity contribution in [2.45, 2.75) is 13.0 Å². The van der Waals surface area contributed by atoms with Crippen molar-refractivity contribution in [2.24, 2.45) is 7.05 Å². The van der Waals surface area contributed by atoms with Crippen molar-refractivity contribution in [1.29, 1.82) is 0 Å². The zero-order chi connectivity index (χ0) is 19.7. The number of hydrogen-bond donors (Lipinski definition) is 1. The van der Waals surface area contributed by atoms with E-state index in [2.05, 4.69) is 25.4 Å². The summed E-state index contributed by atoms with van der Waals surface area (Å²) in [4.78, 5) is 13.4. The van der Waals surface area contributed by atoms with E-state index in [0.717, 1.165) is 16.5 Å². The van der Waals surface area contributed by atoms with Crippen LogP contribution >= 0.6 is 0 Å². The van der Waals surface area contributed by atoms with E-state index >= 15 is 0 Å². The van der Waals surface area contributed by atoms with Crippen LogP contribution in [0.25, 0.3) is 22.4 Å². The predicted octanol–water partition coefficient (Wildman–Crippen LogP) is 3.75. The Morgan fingerprint density at radius 2 is 1.93 bits per heavy atom. The molecule has 1 atom stereocenters. The van der Waals surface area contributed by atoms with E-state index in [1.807, 2.05) is 32.2 Å². The second-order valence-electron chi connectivity index (χ2n) is 6.40. The van der Waals surface area contributed by atoms with Crippen LogP contribution in [0.1, 0.15) is 18.5 Å². The average molecular weight is 378 g/mol. The average Bonchev–Trinajstić information content (AvgIpc) is 3.09. The number of nitrogens with zero attached hydrogens (tertiary/aromatic N) is 5. The van der Waals surface area contributed by atoms with Gasteiger partial charge in [-0.1, -0.05) is 6.07 Å². The third kappa shape index (κ3) is 3.24. The molecular formula is C20H19FN6O. The minimum absolute atomic E-state index is 0.191. The van der Waals surface area contributed by atoms with Crippen LogP contribution in [0.4, 0.5) is 10.2 Å². The van der Waals surface area contributed by atoms with Crippen molar-refractivity contribution in [3.05, 3.63) is 60.3 Å². The fourth-order valence-electron chi connectivity index (χ4n) is 3.00. The molecule has 4 aromatic rings. The molecule has 8 heteroatoms. The predicted molar refractivity (Wildman–Crippen MR) is 105 cm³/mol. The maximum Gasteiger partial charge on any atom is 0.165 e. The summed E-state index contributed by atoms with van der Waals surface area (Å²) in [6.07, 6.45) is 5.11. The molecule has 3 heterocycles. The largest absolute Gasteiger partial charge is 0.494 e. The molecule has 0 spiro atoms. The molecular weight excluding hydrogens is 359 g/mol.